The molecule has 1 atom stereocenters. The lowest BCUT2D eigenvalue weighted by atomic mass is 10.1. The number of piperazine rings is 1. The van der Waals surface area contributed by atoms with Crippen LogP contribution in [0.15, 0.2) is 35.1 Å². The van der Waals surface area contributed by atoms with Crippen molar-refractivity contribution in [3.8, 4) is 10.6 Å². The zero-order chi connectivity index (χ0) is 22.5. The van der Waals surface area contributed by atoms with Crippen molar-refractivity contribution in [2.24, 2.45) is 10.7 Å². The fourth-order valence-electron chi connectivity index (χ4n) is 3.47. The Morgan fingerprint density at radius 3 is 2.77 bits per heavy atom. The number of aromatic nitrogens is 1. The van der Waals surface area contributed by atoms with Gasteiger partial charge in [0.2, 0.25) is 0 Å². The molecule has 2 heterocycles. The van der Waals surface area contributed by atoms with Crippen LogP contribution in [0.25, 0.3) is 10.6 Å². The number of halogens is 2. The third-order valence-electron chi connectivity index (χ3n) is 5.01. The molecule has 2 aromatic rings. The first-order valence-corrected chi connectivity index (χ1v) is 10.6. The lowest BCUT2D eigenvalue weighted by Gasteiger charge is -2.38. The maximum absolute atomic E-state index is 14.1. The first kappa shape index (κ1) is 22.6. The van der Waals surface area contributed by atoms with Gasteiger partial charge in [0, 0.05) is 38.9 Å². The fraction of sp³-hybridized carbons (Fsp3) is 0.350. The zero-order valence-electron chi connectivity index (χ0n) is 17.3. The third kappa shape index (κ3) is 4.67. The van der Waals surface area contributed by atoms with E-state index < -0.39 is 17.5 Å². The Kier molecular flexibility index (Phi) is 7.18. The average Bonchev–Trinajstić information content (AvgIpc) is 3.14. The SMILES string of the molecule is CC[C@H]1CNCCN1C(=NC)/C(=C\N)NC(=O)c1nc(-c2c(F)cccc2F)sc1N. The number of anilines is 1. The molecular weight excluding hydrogens is 424 g/mol. The number of hydrogen-bond donors (Lipinski definition) is 4. The van der Waals surface area contributed by atoms with Crippen molar-refractivity contribution >= 4 is 28.1 Å². The van der Waals surface area contributed by atoms with Crippen molar-refractivity contribution < 1.29 is 13.6 Å². The van der Waals surface area contributed by atoms with E-state index >= 15 is 0 Å². The molecule has 0 aliphatic carbocycles. The average molecular weight is 450 g/mol. The minimum Gasteiger partial charge on any atom is -0.403 e. The Morgan fingerprint density at radius 2 is 2.16 bits per heavy atom. The first-order chi connectivity index (χ1) is 14.9. The highest BCUT2D eigenvalue weighted by atomic mass is 32.1. The summed E-state index contributed by atoms with van der Waals surface area (Å²) in [6.45, 7) is 4.34. The molecule has 31 heavy (non-hydrogen) atoms. The smallest absolute Gasteiger partial charge is 0.277 e. The normalized spacial score (nSPS) is 17.7. The second-order valence-corrected chi connectivity index (χ2v) is 7.90. The Labute approximate surface area is 183 Å². The van der Waals surface area contributed by atoms with Crippen molar-refractivity contribution in [3.63, 3.8) is 0 Å². The third-order valence-corrected chi connectivity index (χ3v) is 5.91. The summed E-state index contributed by atoms with van der Waals surface area (Å²) in [6.07, 6.45) is 2.14. The summed E-state index contributed by atoms with van der Waals surface area (Å²) in [5.74, 6) is -1.67. The molecular formula is C20H25F2N7OS. The van der Waals surface area contributed by atoms with Gasteiger partial charge in [-0.3, -0.25) is 9.79 Å². The summed E-state index contributed by atoms with van der Waals surface area (Å²) < 4.78 is 28.2. The number of carbonyl (C=O) groups is 1. The van der Waals surface area contributed by atoms with E-state index in [0.29, 0.717) is 18.1 Å². The molecule has 1 saturated heterocycles. The van der Waals surface area contributed by atoms with Crippen LogP contribution in [0.3, 0.4) is 0 Å². The molecule has 1 fully saturated rings. The summed E-state index contributed by atoms with van der Waals surface area (Å²) in [5, 5.41) is 6.04. The minimum atomic E-state index is -0.784. The van der Waals surface area contributed by atoms with E-state index in [1.54, 1.807) is 7.05 Å². The number of nitrogen functional groups attached to an aromatic ring is 1. The Balaban J connectivity index is 1.85. The van der Waals surface area contributed by atoms with Crippen LogP contribution in [0.4, 0.5) is 13.8 Å². The molecule has 6 N–H and O–H groups in total. The molecule has 1 aliphatic heterocycles. The van der Waals surface area contributed by atoms with Gasteiger partial charge in [0.05, 0.1) is 11.3 Å². The van der Waals surface area contributed by atoms with E-state index in [0.717, 1.165) is 43.0 Å². The zero-order valence-corrected chi connectivity index (χ0v) is 18.1. The maximum Gasteiger partial charge on any atom is 0.277 e. The van der Waals surface area contributed by atoms with Gasteiger partial charge in [0.1, 0.15) is 27.5 Å². The number of hydrogen-bond acceptors (Lipinski definition) is 7. The molecule has 1 aliphatic rings. The number of carbonyl (C=O) groups excluding carboxylic acids is 1. The maximum atomic E-state index is 14.1. The number of amides is 1. The van der Waals surface area contributed by atoms with Gasteiger partial charge >= 0.3 is 0 Å². The molecule has 0 spiro atoms. The standard InChI is InChI=1S/C20H25F2N7OS/c1-3-11-10-26-7-8-29(11)18(25-2)14(9-23)27-19(30)16-17(24)31-20(28-16)15-12(21)5-4-6-13(15)22/h4-6,9,11,26H,3,7-8,10,23-24H2,1-2H3,(H,27,30)/b14-9+,25-18?/t11-/m0/s1. The molecule has 3 rings (SSSR count). The molecule has 0 saturated carbocycles. The van der Waals surface area contributed by atoms with Gasteiger partial charge in [0.15, 0.2) is 5.69 Å². The summed E-state index contributed by atoms with van der Waals surface area (Å²) in [4.78, 5) is 23.4. The van der Waals surface area contributed by atoms with Gasteiger partial charge in [-0.2, -0.15) is 0 Å². The number of benzene rings is 1. The number of nitrogens with one attached hydrogen (secondary N) is 2. The molecule has 1 amide bonds. The quantitative estimate of drug-likeness (QED) is 0.409. The van der Waals surface area contributed by atoms with Crippen LogP contribution >= 0.6 is 11.3 Å². The predicted molar refractivity (Wildman–Crippen MR) is 119 cm³/mol. The number of rotatable bonds is 5. The Bertz CT molecular complexity index is 1000. The van der Waals surface area contributed by atoms with Crippen molar-refractivity contribution in [1.82, 2.24) is 20.5 Å². The number of aliphatic imine (C=N–C) groups is 1. The summed E-state index contributed by atoms with van der Waals surface area (Å²) in [6, 6.07) is 3.68. The Hall–Kier alpha value is -3.05. The van der Waals surface area contributed by atoms with Crippen molar-refractivity contribution in [3.05, 3.63) is 47.4 Å². The molecule has 8 nitrogen and oxygen atoms in total. The largest absolute Gasteiger partial charge is 0.403 e. The van der Waals surface area contributed by atoms with Crippen LogP contribution in [-0.2, 0) is 0 Å². The van der Waals surface area contributed by atoms with Crippen LogP contribution in [-0.4, -0.2) is 54.4 Å². The summed E-state index contributed by atoms with van der Waals surface area (Å²) in [5.41, 5.74) is 11.6. The van der Waals surface area contributed by atoms with Crippen LogP contribution in [0.5, 0.6) is 0 Å². The highest BCUT2D eigenvalue weighted by Crippen LogP contribution is 2.33. The van der Waals surface area contributed by atoms with E-state index in [2.05, 4.69) is 32.4 Å². The molecule has 0 unspecified atom stereocenters. The fourth-order valence-corrected chi connectivity index (χ4v) is 4.34. The minimum absolute atomic E-state index is 0.0194. The van der Waals surface area contributed by atoms with Crippen LogP contribution in [0.1, 0.15) is 23.8 Å². The lowest BCUT2D eigenvalue weighted by Crippen LogP contribution is -2.55. The van der Waals surface area contributed by atoms with Gasteiger partial charge in [-0.05, 0) is 18.6 Å². The van der Waals surface area contributed by atoms with Gasteiger partial charge in [-0.25, -0.2) is 13.8 Å². The van der Waals surface area contributed by atoms with Crippen LogP contribution in [0, 0.1) is 11.6 Å². The van der Waals surface area contributed by atoms with Gasteiger partial charge < -0.3 is 27.0 Å². The van der Waals surface area contributed by atoms with E-state index in [9.17, 15) is 13.6 Å². The molecule has 11 heteroatoms. The molecule has 0 radical (unpaired) electrons. The highest BCUT2D eigenvalue weighted by molar-refractivity contribution is 7.19. The first-order valence-electron chi connectivity index (χ1n) is 9.79. The lowest BCUT2D eigenvalue weighted by molar-refractivity contribution is 0.0963. The number of thiazole rings is 1. The topological polar surface area (TPSA) is 122 Å². The van der Waals surface area contributed by atoms with E-state index in [-0.39, 0.29) is 27.3 Å². The molecule has 0 bridgehead atoms. The number of nitrogens with two attached hydrogens (primary N) is 2. The van der Waals surface area contributed by atoms with E-state index in [1.807, 2.05) is 0 Å². The molecule has 166 valence electrons. The second-order valence-electron chi connectivity index (χ2n) is 6.87. The molecule has 1 aromatic heterocycles. The monoisotopic (exact) mass is 449 g/mol. The van der Waals surface area contributed by atoms with Crippen LogP contribution < -0.4 is 22.1 Å². The Morgan fingerprint density at radius 1 is 1.45 bits per heavy atom. The van der Waals surface area contributed by atoms with E-state index in [1.165, 1.54) is 12.3 Å². The van der Waals surface area contributed by atoms with Gasteiger partial charge in [-0.1, -0.05) is 24.3 Å². The molecule has 1 aromatic carbocycles. The van der Waals surface area contributed by atoms with Crippen molar-refractivity contribution in [2.45, 2.75) is 19.4 Å². The van der Waals surface area contributed by atoms with Gasteiger partial charge in [-0.15, -0.1) is 0 Å². The number of nitrogens with zero attached hydrogens (tertiary/aromatic N) is 3. The summed E-state index contributed by atoms with van der Waals surface area (Å²) >= 11 is 0.831. The second kappa shape index (κ2) is 9.84. The number of amidine groups is 1. The van der Waals surface area contributed by atoms with Gasteiger partial charge in [0.25, 0.3) is 5.91 Å². The predicted octanol–water partition coefficient (Wildman–Crippen LogP) is 1.91. The van der Waals surface area contributed by atoms with Crippen molar-refractivity contribution in [2.75, 3.05) is 32.4 Å². The summed E-state index contributed by atoms with van der Waals surface area (Å²) in [7, 11) is 1.62. The van der Waals surface area contributed by atoms with Crippen LogP contribution in [0.2, 0.25) is 0 Å². The highest BCUT2D eigenvalue weighted by Gasteiger charge is 2.28. The van der Waals surface area contributed by atoms with Crippen molar-refractivity contribution in [1.29, 1.82) is 0 Å². The van der Waals surface area contributed by atoms with E-state index in [4.69, 9.17) is 11.5 Å².